The first-order valence-electron chi connectivity index (χ1n) is 13.0. The standard InChI is InChI=1S/C23H21NO2.C7H9F5N2O3.2H2/c25-23-16-19-10-4-5-11-20(19)21-12-6-7-13-22(21)24(23)14-15-26-17-18-8-2-1-3-9-18;1-17-3(4(13)15)5(16)14-2-6(8,9)7(10,11)12;;/h1-13H,14-17H2;3H,2H2,1H3,(H2,13,15)(H,14,16);2*1H. The zero-order valence-electron chi connectivity index (χ0n) is 23.1. The fourth-order valence-corrected chi connectivity index (χ4v) is 4.18. The number of anilines is 1. The average molecular weight is 612 g/mol. The van der Waals surface area contributed by atoms with E-state index in [1.165, 1.54) is 5.32 Å². The van der Waals surface area contributed by atoms with Crippen LogP contribution in [0.5, 0.6) is 0 Å². The molecule has 1 aliphatic rings. The highest BCUT2D eigenvalue weighted by Crippen LogP contribution is 2.36. The molecule has 0 bridgehead atoms. The van der Waals surface area contributed by atoms with Crippen LogP contribution >= 0.6 is 0 Å². The lowest BCUT2D eigenvalue weighted by Crippen LogP contribution is -2.51. The highest BCUT2D eigenvalue weighted by Gasteiger charge is 2.57. The molecule has 4 rings (SSSR count). The summed E-state index contributed by atoms with van der Waals surface area (Å²) in [7, 11) is 0.872. The molecule has 3 amide bonds. The van der Waals surface area contributed by atoms with Crippen LogP contribution in [0.4, 0.5) is 27.6 Å². The van der Waals surface area contributed by atoms with Crippen LogP contribution in [0, 0.1) is 0 Å². The van der Waals surface area contributed by atoms with Crippen LogP contribution in [0.1, 0.15) is 14.0 Å². The van der Waals surface area contributed by atoms with Gasteiger partial charge in [-0.25, -0.2) is 0 Å². The summed E-state index contributed by atoms with van der Waals surface area (Å²) >= 11 is 0. The van der Waals surface area contributed by atoms with Gasteiger partial charge in [0.1, 0.15) is 0 Å². The number of amides is 3. The molecule has 234 valence electrons. The molecule has 3 N–H and O–H groups in total. The summed E-state index contributed by atoms with van der Waals surface area (Å²) in [5.74, 6) is -7.76. The number of nitrogens with zero attached hydrogens (tertiary/aromatic N) is 1. The molecule has 8 nitrogen and oxygen atoms in total. The zero-order valence-corrected chi connectivity index (χ0v) is 23.1. The summed E-state index contributed by atoms with van der Waals surface area (Å²) in [5.41, 5.74) is 10.1. The molecule has 13 heteroatoms. The highest BCUT2D eigenvalue weighted by atomic mass is 19.4. The third-order valence-electron chi connectivity index (χ3n) is 6.35. The van der Waals surface area contributed by atoms with Gasteiger partial charge in [0.2, 0.25) is 12.0 Å². The number of carbonyl (C=O) groups excluding carboxylic acids is 3. The molecule has 43 heavy (non-hydrogen) atoms. The number of rotatable bonds is 10. The van der Waals surface area contributed by atoms with Crippen molar-refractivity contribution >= 4 is 23.4 Å². The Hall–Kier alpha value is -4.36. The van der Waals surface area contributed by atoms with Gasteiger partial charge >= 0.3 is 12.1 Å². The molecule has 0 fully saturated rings. The van der Waals surface area contributed by atoms with Gasteiger partial charge in [-0.2, -0.15) is 22.0 Å². The van der Waals surface area contributed by atoms with E-state index in [0.29, 0.717) is 26.2 Å². The molecule has 3 aromatic rings. The number of hydrogen-bond acceptors (Lipinski definition) is 5. The number of hydrogen-bond donors (Lipinski definition) is 2. The summed E-state index contributed by atoms with van der Waals surface area (Å²) in [5, 5.41) is 1.23. The number of benzene rings is 3. The van der Waals surface area contributed by atoms with Gasteiger partial charge in [0, 0.05) is 22.1 Å². The van der Waals surface area contributed by atoms with Crippen molar-refractivity contribution in [1.29, 1.82) is 0 Å². The maximum absolute atomic E-state index is 12.9. The topological polar surface area (TPSA) is 111 Å². The Morgan fingerprint density at radius 3 is 2.19 bits per heavy atom. The van der Waals surface area contributed by atoms with Gasteiger partial charge in [-0.05, 0) is 22.8 Å². The van der Waals surface area contributed by atoms with E-state index >= 15 is 0 Å². The monoisotopic (exact) mass is 611 g/mol. The summed E-state index contributed by atoms with van der Waals surface area (Å²) in [6.45, 7) is -0.380. The molecule has 1 unspecified atom stereocenters. The number of carbonyl (C=O) groups is 3. The van der Waals surface area contributed by atoms with Crippen molar-refractivity contribution in [3.8, 4) is 11.1 Å². The molecule has 1 heterocycles. The molecule has 3 aromatic carbocycles. The van der Waals surface area contributed by atoms with Crippen LogP contribution in [0.2, 0.25) is 0 Å². The second-order valence-electron chi connectivity index (χ2n) is 9.37. The molecule has 0 spiro atoms. The Kier molecular flexibility index (Phi) is 11.3. The molecule has 1 atom stereocenters. The first-order chi connectivity index (χ1) is 20.4. The fourth-order valence-electron chi connectivity index (χ4n) is 4.18. The van der Waals surface area contributed by atoms with E-state index in [2.05, 4.69) is 22.6 Å². The van der Waals surface area contributed by atoms with Crippen LogP contribution in [0.3, 0.4) is 0 Å². The maximum atomic E-state index is 12.9. The summed E-state index contributed by atoms with van der Waals surface area (Å²) in [6, 6.07) is 26.4. The summed E-state index contributed by atoms with van der Waals surface area (Å²) in [6.07, 6.45) is -7.29. The third-order valence-corrected chi connectivity index (χ3v) is 6.35. The van der Waals surface area contributed by atoms with Gasteiger partial charge in [0.15, 0.2) is 0 Å². The SMILES string of the molecule is COC(C(N)=O)C(=O)NCC(F)(F)C(F)(F)F.O=C1Cc2ccccc2-c2ccccc2N1CCOCc1ccccc1.[HH].[HH]. The van der Waals surface area contributed by atoms with Crippen molar-refractivity contribution in [3.05, 3.63) is 90.0 Å². The van der Waals surface area contributed by atoms with Gasteiger partial charge in [-0.15, -0.1) is 0 Å². The van der Waals surface area contributed by atoms with Crippen LogP contribution in [-0.4, -0.2) is 62.7 Å². The Balaban J connectivity index is 0.000000472. The number of primary amides is 1. The van der Waals surface area contributed by atoms with Gasteiger partial charge in [0.25, 0.3) is 11.8 Å². The number of nitrogens with one attached hydrogen (secondary N) is 1. The predicted octanol–water partition coefficient (Wildman–Crippen LogP) is 4.75. The molecule has 0 saturated heterocycles. The Morgan fingerprint density at radius 1 is 0.953 bits per heavy atom. The summed E-state index contributed by atoms with van der Waals surface area (Å²) < 4.78 is 69.9. The molecule has 0 aromatic heterocycles. The number of halogens is 5. The van der Waals surface area contributed by atoms with Crippen molar-refractivity contribution in [2.45, 2.75) is 31.2 Å². The van der Waals surface area contributed by atoms with Crippen LogP contribution in [0.15, 0.2) is 78.9 Å². The predicted molar refractivity (Wildman–Crippen MR) is 152 cm³/mol. The maximum Gasteiger partial charge on any atom is 0.455 e. The molecule has 0 aliphatic carbocycles. The van der Waals surface area contributed by atoms with E-state index in [0.717, 1.165) is 35.1 Å². The first-order valence-corrected chi connectivity index (χ1v) is 13.0. The number of ether oxygens (including phenoxy) is 2. The number of alkyl halides is 5. The van der Waals surface area contributed by atoms with Gasteiger partial charge in [-0.1, -0.05) is 72.8 Å². The molecule has 1 aliphatic heterocycles. The van der Waals surface area contributed by atoms with E-state index in [1.807, 2.05) is 71.6 Å². The van der Waals surface area contributed by atoms with Crippen molar-refractivity contribution in [2.24, 2.45) is 5.73 Å². The second kappa shape index (κ2) is 14.7. The van der Waals surface area contributed by atoms with Gasteiger partial charge in [0.05, 0.1) is 31.9 Å². The normalized spacial score (nSPS) is 13.5. The molecule has 0 saturated carbocycles. The Labute approximate surface area is 247 Å². The fraction of sp³-hybridized carbons (Fsp3) is 0.300. The zero-order chi connectivity index (χ0) is 31.6. The lowest BCUT2D eigenvalue weighted by molar-refractivity contribution is -0.278. The number of fused-ring (bicyclic) bond motifs is 3. The second-order valence-corrected chi connectivity index (χ2v) is 9.37. The minimum absolute atomic E-state index is 0. The molecular weight excluding hydrogens is 577 g/mol. The molecule has 0 radical (unpaired) electrons. The van der Waals surface area contributed by atoms with E-state index in [1.54, 1.807) is 0 Å². The van der Waals surface area contributed by atoms with E-state index in [4.69, 9.17) is 4.74 Å². The quantitative estimate of drug-likeness (QED) is 0.195. The highest BCUT2D eigenvalue weighted by molar-refractivity contribution is 6.03. The lowest BCUT2D eigenvalue weighted by atomic mass is 9.98. The lowest BCUT2D eigenvalue weighted by Gasteiger charge is -2.23. The smallest absolute Gasteiger partial charge is 0.375 e. The van der Waals surface area contributed by atoms with E-state index in [-0.39, 0.29) is 8.76 Å². The van der Waals surface area contributed by atoms with Crippen LogP contribution in [0.25, 0.3) is 11.1 Å². The van der Waals surface area contributed by atoms with E-state index < -0.39 is 36.6 Å². The van der Waals surface area contributed by atoms with Crippen molar-refractivity contribution < 1.29 is 48.7 Å². The summed E-state index contributed by atoms with van der Waals surface area (Å²) in [4.78, 5) is 36.2. The van der Waals surface area contributed by atoms with E-state index in [9.17, 15) is 36.3 Å². The first kappa shape index (κ1) is 33.1. The van der Waals surface area contributed by atoms with Crippen LogP contribution < -0.4 is 16.0 Å². The average Bonchev–Trinajstić information content (AvgIpc) is 3.08. The van der Waals surface area contributed by atoms with Crippen LogP contribution in [-0.2, 0) is 36.9 Å². The van der Waals surface area contributed by atoms with Gasteiger partial charge < -0.3 is 25.4 Å². The minimum atomic E-state index is -5.80. The Morgan fingerprint density at radius 2 is 1.56 bits per heavy atom. The molecular formula is C30H34F5N3O5. The number of para-hydroxylation sites is 1. The third kappa shape index (κ3) is 8.82. The largest absolute Gasteiger partial charge is 0.455 e. The minimum Gasteiger partial charge on any atom is -0.375 e. The van der Waals surface area contributed by atoms with Crippen molar-refractivity contribution in [3.63, 3.8) is 0 Å². The Bertz CT molecular complexity index is 1410. The number of nitrogens with two attached hydrogens (primary N) is 1. The van der Waals surface area contributed by atoms with Crippen molar-refractivity contribution in [1.82, 2.24) is 5.32 Å². The van der Waals surface area contributed by atoms with Crippen molar-refractivity contribution in [2.75, 3.05) is 31.7 Å². The number of methoxy groups -OCH3 is 1. The van der Waals surface area contributed by atoms with Gasteiger partial charge in [-0.3, -0.25) is 14.4 Å².